The van der Waals surface area contributed by atoms with E-state index in [1.807, 2.05) is 66.2 Å². The van der Waals surface area contributed by atoms with E-state index in [-0.39, 0.29) is 5.91 Å². The fourth-order valence-corrected chi connectivity index (χ4v) is 3.79. The molecule has 2 aromatic heterocycles. The summed E-state index contributed by atoms with van der Waals surface area (Å²) in [5.41, 5.74) is 10.0. The van der Waals surface area contributed by atoms with Gasteiger partial charge in [0, 0.05) is 68.8 Å². The van der Waals surface area contributed by atoms with Crippen LogP contribution in [0.4, 0.5) is 22.9 Å². The topological polar surface area (TPSA) is 96.5 Å². The molecule has 8 heteroatoms. The first-order valence-corrected chi connectivity index (χ1v) is 10.4. The molecule has 0 aliphatic carbocycles. The van der Waals surface area contributed by atoms with E-state index in [0.717, 1.165) is 22.3 Å². The van der Waals surface area contributed by atoms with Crippen molar-refractivity contribution in [1.29, 1.82) is 0 Å². The molecule has 4 rings (SSSR count). The number of rotatable bonds is 6. The SMILES string of the molecule is CN(C)C(=O)c1ccc(Nc2cc(N(C)c3cccc4c3ccn4C)c(C(N)=O)cn2)cc1. The molecule has 0 aliphatic heterocycles. The van der Waals surface area contributed by atoms with Gasteiger partial charge < -0.3 is 25.4 Å². The number of carbonyl (C=O) groups is 2. The Balaban J connectivity index is 1.69. The van der Waals surface area contributed by atoms with E-state index in [1.165, 1.54) is 11.1 Å². The summed E-state index contributed by atoms with van der Waals surface area (Å²) in [6.45, 7) is 0. The number of fused-ring (bicyclic) bond motifs is 1. The third-order valence-corrected chi connectivity index (χ3v) is 5.59. The highest BCUT2D eigenvalue weighted by molar-refractivity contribution is 6.02. The molecule has 3 N–H and O–H groups in total. The summed E-state index contributed by atoms with van der Waals surface area (Å²) < 4.78 is 2.05. The van der Waals surface area contributed by atoms with Crippen molar-refractivity contribution in [3.63, 3.8) is 0 Å². The Morgan fingerprint density at radius 1 is 1.00 bits per heavy atom. The van der Waals surface area contributed by atoms with Gasteiger partial charge in [-0.2, -0.15) is 0 Å². The maximum Gasteiger partial charge on any atom is 0.253 e. The summed E-state index contributed by atoms with van der Waals surface area (Å²) in [7, 11) is 7.32. The van der Waals surface area contributed by atoms with Gasteiger partial charge in [0.15, 0.2) is 0 Å². The fraction of sp³-hybridized carbons (Fsp3) is 0.160. The number of anilines is 4. The van der Waals surface area contributed by atoms with Crippen molar-refractivity contribution in [1.82, 2.24) is 14.5 Å². The van der Waals surface area contributed by atoms with Gasteiger partial charge in [-0.15, -0.1) is 0 Å². The number of aromatic nitrogens is 2. The molecule has 0 radical (unpaired) electrons. The van der Waals surface area contributed by atoms with Crippen LogP contribution in [0.1, 0.15) is 20.7 Å². The Labute approximate surface area is 192 Å². The molecule has 0 saturated heterocycles. The van der Waals surface area contributed by atoms with E-state index in [1.54, 1.807) is 32.3 Å². The third-order valence-electron chi connectivity index (χ3n) is 5.59. The molecule has 168 valence electrons. The van der Waals surface area contributed by atoms with Crippen molar-refractivity contribution in [2.45, 2.75) is 0 Å². The van der Waals surface area contributed by atoms with Gasteiger partial charge in [0.05, 0.1) is 16.9 Å². The second-order valence-corrected chi connectivity index (χ2v) is 8.05. The molecule has 0 spiro atoms. The molecule has 0 unspecified atom stereocenters. The zero-order valence-corrected chi connectivity index (χ0v) is 19.0. The number of nitrogens with two attached hydrogens (primary N) is 1. The Kier molecular flexibility index (Phi) is 5.74. The van der Waals surface area contributed by atoms with Gasteiger partial charge >= 0.3 is 0 Å². The van der Waals surface area contributed by atoms with Gasteiger partial charge in [0.1, 0.15) is 5.82 Å². The highest BCUT2D eigenvalue weighted by Crippen LogP contribution is 2.34. The fourth-order valence-electron chi connectivity index (χ4n) is 3.79. The molecular formula is C25H26N6O2. The number of aryl methyl sites for hydroxylation is 1. The molecule has 33 heavy (non-hydrogen) atoms. The number of pyridine rings is 1. The minimum absolute atomic E-state index is 0.0653. The van der Waals surface area contributed by atoms with Crippen LogP contribution in [0.15, 0.2) is 67.0 Å². The van der Waals surface area contributed by atoms with Crippen molar-refractivity contribution in [3.05, 3.63) is 78.1 Å². The van der Waals surface area contributed by atoms with Crippen LogP contribution in [0.2, 0.25) is 0 Å². The highest BCUT2D eigenvalue weighted by Gasteiger charge is 2.18. The van der Waals surface area contributed by atoms with Crippen LogP contribution in [0.25, 0.3) is 10.9 Å². The van der Waals surface area contributed by atoms with E-state index in [2.05, 4.69) is 10.3 Å². The van der Waals surface area contributed by atoms with E-state index in [0.29, 0.717) is 22.6 Å². The normalized spacial score (nSPS) is 10.8. The summed E-state index contributed by atoms with van der Waals surface area (Å²) in [5, 5.41) is 4.30. The lowest BCUT2D eigenvalue weighted by Crippen LogP contribution is -2.21. The summed E-state index contributed by atoms with van der Waals surface area (Å²) in [6, 6.07) is 17.0. The first-order chi connectivity index (χ1) is 15.8. The van der Waals surface area contributed by atoms with E-state index < -0.39 is 5.91 Å². The number of hydrogen-bond donors (Lipinski definition) is 2. The monoisotopic (exact) mass is 442 g/mol. The maximum absolute atomic E-state index is 12.1. The zero-order chi connectivity index (χ0) is 23.7. The molecule has 4 aromatic rings. The van der Waals surface area contributed by atoms with Gasteiger partial charge in [0.25, 0.3) is 11.8 Å². The van der Waals surface area contributed by atoms with E-state index >= 15 is 0 Å². The van der Waals surface area contributed by atoms with Crippen molar-refractivity contribution in [2.24, 2.45) is 12.8 Å². The molecule has 0 fully saturated rings. The van der Waals surface area contributed by atoms with Gasteiger partial charge in [-0.05, 0) is 42.5 Å². The van der Waals surface area contributed by atoms with Crippen molar-refractivity contribution >= 4 is 45.6 Å². The van der Waals surface area contributed by atoms with Crippen LogP contribution in [-0.4, -0.2) is 47.4 Å². The van der Waals surface area contributed by atoms with Crippen molar-refractivity contribution < 1.29 is 9.59 Å². The number of benzene rings is 2. The first kappa shape index (κ1) is 21.9. The summed E-state index contributed by atoms with van der Waals surface area (Å²) in [4.78, 5) is 32.1. The molecule has 0 saturated carbocycles. The van der Waals surface area contributed by atoms with Gasteiger partial charge in [-0.3, -0.25) is 9.59 Å². The minimum Gasteiger partial charge on any atom is -0.365 e. The zero-order valence-electron chi connectivity index (χ0n) is 19.0. The Hall–Kier alpha value is -4.33. The second kappa shape index (κ2) is 8.66. The van der Waals surface area contributed by atoms with Crippen LogP contribution < -0.4 is 16.0 Å². The minimum atomic E-state index is -0.553. The molecule has 2 aromatic carbocycles. The number of carbonyl (C=O) groups excluding carboxylic acids is 2. The largest absolute Gasteiger partial charge is 0.365 e. The van der Waals surface area contributed by atoms with Crippen LogP contribution in [0.3, 0.4) is 0 Å². The molecular weight excluding hydrogens is 416 g/mol. The standard InChI is InChI=1S/C25H26N6O2/c1-29(2)25(33)16-8-10-17(11-9-16)28-23-14-22(19(15-27-23)24(26)32)31(4)21-7-5-6-20-18(21)12-13-30(20)3/h5-15H,1-4H3,(H2,26,32)(H,27,28). The smallest absolute Gasteiger partial charge is 0.253 e. The van der Waals surface area contributed by atoms with Crippen LogP contribution in [0, 0.1) is 0 Å². The van der Waals surface area contributed by atoms with Gasteiger partial charge in [-0.25, -0.2) is 4.98 Å². The lowest BCUT2D eigenvalue weighted by molar-refractivity contribution is 0.0827. The third kappa shape index (κ3) is 4.23. The quantitative estimate of drug-likeness (QED) is 0.472. The summed E-state index contributed by atoms with van der Waals surface area (Å²) in [5.74, 6) is -0.0686. The van der Waals surface area contributed by atoms with E-state index in [4.69, 9.17) is 5.73 Å². The number of nitrogens with zero attached hydrogens (tertiary/aromatic N) is 4. The summed E-state index contributed by atoms with van der Waals surface area (Å²) >= 11 is 0. The predicted octanol–water partition coefficient (Wildman–Crippen LogP) is 3.89. The molecule has 8 nitrogen and oxygen atoms in total. The van der Waals surface area contributed by atoms with Crippen LogP contribution in [-0.2, 0) is 7.05 Å². The van der Waals surface area contributed by atoms with Crippen molar-refractivity contribution in [2.75, 3.05) is 31.4 Å². The molecule has 2 amide bonds. The molecule has 0 atom stereocenters. The Bertz CT molecular complexity index is 1340. The van der Waals surface area contributed by atoms with E-state index in [9.17, 15) is 9.59 Å². The predicted molar refractivity (Wildman–Crippen MR) is 131 cm³/mol. The highest BCUT2D eigenvalue weighted by atomic mass is 16.2. The molecule has 2 heterocycles. The lowest BCUT2D eigenvalue weighted by Gasteiger charge is -2.23. The molecule has 0 aliphatic rings. The van der Waals surface area contributed by atoms with Crippen LogP contribution >= 0.6 is 0 Å². The second-order valence-electron chi connectivity index (χ2n) is 8.05. The molecule has 0 bridgehead atoms. The number of hydrogen-bond acceptors (Lipinski definition) is 5. The average Bonchev–Trinajstić information content (AvgIpc) is 3.19. The number of primary amides is 1. The lowest BCUT2D eigenvalue weighted by atomic mass is 10.1. The van der Waals surface area contributed by atoms with Crippen LogP contribution in [0.5, 0.6) is 0 Å². The van der Waals surface area contributed by atoms with Gasteiger partial charge in [0.2, 0.25) is 0 Å². The Morgan fingerprint density at radius 3 is 2.39 bits per heavy atom. The van der Waals surface area contributed by atoms with Crippen molar-refractivity contribution in [3.8, 4) is 0 Å². The number of nitrogens with one attached hydrogen (secondary N) is 1. The number of amides is 2. The summed E-state index contributed by atoms with van der Waals surface area (Å²) in [6.07, 6.45) is 3.48. The Morgan fingerprint density at radius 2 is 1.73 bits per heavy atom. The van der Waals surface area contributed by atoms with Gasteiger partial charge in [-0.1, -0.05) is 6.07 Å². The average molecular weight is 443 g/mol. The maximum atomic E-state index is 12.1. The first-order valence-electron chi connectivity index (χ1n) is 10.4.